The molecule has 2 heterocycles. The number of hydrogen-bond donors (Lipinski definition) is 0. The summed E-state index contributed by atoms with van der Waals surface area (Å²) in [6, 6.07) is 23.4. The van der Waals surface area contributed by atoms with E-state index in [1.54, 1.807) is 10.6 Å². The van der Waals surface area contributed by atoms with Gasteiger partial charge in [-0.15, -0.1) is 11.8 Å². The van der Waals surface area contributed by atoms with Gasteiger partial charge in [0.2, 0.25) is 0 Å². The minimum Gasteiger partial charge on any atom is 0 e. The van der Waals surface area contributed by atoms with Crippen molar-refractivity contribution in [3.63, 3.8) is 0 Å². The van der Waals surface area contributed by atoms with Gasteiger partial charge in [-0.1, -0.05) is 130 Å². The van der Waals surface area contributed by atoms with Gasteiger partial charge in [0.15, 0.2) is 0 Å². The molecule has 0 radical (unpaired) electrons. The Morgan fingerprint density at radius 3 is 1.15 bits per heavy atom. The Morgan fingerprint density at radius 2 is 0.817 bits per heavy atom. The van der Waals surface area contributed by atoms with Crippen LogP contribution in [0.1, 0.15) is 122 Å². The Balaban J connectivity index is 0.000000143. The van der Waals surface area contributed by atoms with Crippen molar-refractivity contribution in [3.05, 3.63) is 73.5 Å². The van der Waals surface area contributed by atoms with Crippen molar-refractivity contribution in [2.45, 2.75) is 169 Å². The van der Waals surface area contributed by atoms with Crippen molar-refractivity contribution in [2.75, 3.05) is 0 Å². The fourth-order valence-corrected chi connectivity index (χ4v) is 28.3. The average molecular weight is 1080 g/mol. The summed E-state index contributed by atoms with van der Waals surface area (Å²) in [5.41, 5.74) is 5.93. The van der Waals surface area contributed by atoms with Gasteiger partial charge in [0, 0.05) is 58.9 Å². The maximum Gasteiger partial charge on any atom is 0 e. The zero-order valence-electron chi connectivity index (χ0n) is 38.4. The molecular formula is C52H76Cl2O2P2Pd2+2. The minimum atomic E-state index is -0.709. The molecule has 8 heteroatoms. The first kappa shape index (κ1) is 46.2. The smallest absolute Gasteiger partial charge is 0 e. The van der Waals surface area contributed by atoms with Gasteiger partial charge in [-0.25, -0.2) is 0 Å². The second-order valence-electron chi connectivity index (χ2n) is 24.5. The number of hydrogen-bond acceptors (Lipinski definition) is 2. The van der Waals surface area contributed by atoms with Crippen LogP contribution in [0.5, 0.6) is 0 Å². The summed E-state index contributed by atoms with van der Waals surface area (Å²) in [7, 11) is 7.10. The van der Waals surface area contributed by atoms with Gasteiger partial charge < -0.3 is 22.3 Å². The Morgan fingerprint density at radius 1 is 0.500 bits per heavy atom. The predicted molar refractivity (Wildman–Crippen MR) is 242 cm³/mol. The van der Waals surface area contributed by atoms with Gasteiger partial charge in [-0.3, -0.25) is 0 Å². The van der Waals surface area contributed by atoms with E-state index in [9.17, 15) is 0 Å². The summed E-state index contributed by atoms with van der Waals surface area (Å²) < 4.78 is 14.7. The van der Waals surface area contributed by atoms with Crippen LogP contribution in [-0.4, -0.2) is 47.1 Å². The maximum absolute atomic E-state index is 7.34. The third kappa shape index (κ3) is 5.58. The van der Waals surface area contributed by atoms with E-state index in [0.29, 0.717) is 67.7 Å². The number of fused-ring (bicyclic) bond motifs is 20. The van der Waals surface area contributed by atoms with Crippen LogP contribution < -0.4 is 10.6 Å². The molecule has 2 aromatic carbocycles. The minimum absolute atomic E-state index is 0. The van der Waals surface area contributed by atoms with Crippen molar-refractivity contribution >= 4 is 26.5 Å². The monoisotopic (exact) mass is 1080 g/mol. The van der Waals surface area contributed by atoms with Crippen LogP contribution in [0.25, 0.3) is 0 Å². The van der Waals surface area contributed by atoms with E-state index in [4.69, 9.17) is 9.47 Å². The van der Waals surface area contributed by atoms with Gasteiger partial charge in [-0.05, 0) is 71.6 Å². The van der Waals surface area contributed by atoms with Crippen LogP contribution in [0, 0.1) is 98.9 Å². The number of rotatable bonds is 2. The molecular weight excluding hydrogens is 1000 g/mol. The fourth-order valence-electron chi connectivity index (χ4n) is 17.8. The van der Waals surface area contributed by atoms with E-state index in [1.807, 2.05) is 0 Å². The van der Waals surface area contributed by atoms with E-state index < -0.39 is 15.8 Å². The average Bonchev–Trinajstić information content (AvgIpc) is 3.93. The maximum atomic E-state index is 7.34. The molecule has 2 nitrogen and oxygen atoms in total. The quantitative estimate of drug-likeness (QED) is 0.170. The number of ether oxygens (including phenoxy) is 2. The zero-order chi connectivity index (χ0) is 42.1. The summed E-state index contributed by atoms with van der Waals surface area (Å²) in [5.74, 6) is 3.14. The molecule has 0 N–H and O–H groups in total. The fraction of sp³-hybridized carbons (Fsp3) is 0.731. The molecule has 8 aliphatic carbocycles. The first-order valence-electron chi connectivity index (χ1n) is 23.4. The number of benzene rings is 2. The second kappa shape index (κ2) is 15.1. The van der Waals surface area contributed by atoms with E-state index in [-0.39, 0.29) is 36.4 Å². The van der Waals surface area contributed by atoms with Crippen molar-refractivity contribution in [1.29, 1.82) is 0 Å². The molecule has 10 aliphatic rings. The molecule has 2 aromatic rings. The Kier molecular flexibility index (Phi) is 11.6. The first-order valence-corrected chi connectivity index (χ1v) is 31.0. The van der Waals surface area contributed by atoms with Crippen LogP contribution in [0.2, 0.25) is 0 Å². The normalized spacial score (nSPS) is 51.3. The van der Waals surface area contributed by atoms with Crippen LogP contribution in [0.15, 0.2) is 60.7 Å². The standard InChI is InChI=1S/2C26H36OP.2ClH.2Pd/c2*1-23(2)17-12-14-25(23,5)21-19(17)28(16-10-8-7-9-11-16)20-18-13-15-26(6,22(20)27-21)24(18,3)4;;;;/h2*7-12,17-22H,13-15H2,1-6H3;2*1H;;/q2*-1;;;;+2/p+2. The molecule has 18 atom stereocenters. The van der Waals surface area contributed by atoms with Gasteiger partial charge in [0.1, 0.15) is 23.5 Å². The predicted octanol–water partition coefficient (Wildman–Crippen LogP) is 11.0. The van der Waals surface area contributed by atoms with Crippen molar-refractivity contribution in [1.82, 2.24) is 0 Å². The summed E-state index contributed by atoms with van der Waals surface area (Å²) in [6.45, 7) is 30.7. The zero-order valence-corrected chi connectivity index (χ0v) is 45.1. The largest absolute Gasteiger partial charge is 0 e. The van der Waals surface area contributed by atoms with Crippen molar-refractivity contribution in [2.24, 2.45) is 67.0 Å². The van der Waals surface area contributed by atoms with E-state index in [0.717, 1.165) is 46.3 Å². The molecule has 2 aliphatic heterocycles. The Labute approximate surface area is 397 Å². The summed E-state index contributed by atoms with van der Waals surface area (Å²) in [5, 5.41) is 3.38. The van der Waals surface area contributed by atoms with Crippen molar-refractivity contribution in [3.8, 4) is 0 Å². The van der Waals surface area contributed by atoms with Gasteiger partial charge in [-0.2, -0.15) is 12.8 Å². The van der Waals surface area contributed by atoms with Gasteiger partial charge >= 0.3 is 35.0 Å². The summed E-state index contributed by atoms with van der Waals surface area (Å²) >= 11 is 0.117. The van der Waals surface area contributed by atoms with Crippen LogP contribution >= 0.6 is 15.8 Å². The third-order valence-corrected chi connectivity index (χ3v) is 30.3. The van der Waals surface area contributed by atoms with Gasteiger partial charge in [0.05, 0.1) is 34.1 Å². The molecule has 2 saturated heterocycles. The summed E-state index contributed by atoms with van der Waals surface area (Å²) in [4.78, 5) is 0. The summed E-state index contributed by atoms with van der Waals surface area (Å²) in [6.07, 6.45) is 15.3. The molecule has 8 saturated carbocycles. The molecule has 338 valence electrons. The molecule has 0 amide bonds. The molecule has 18 unspecified atom stereocenters. The molecule has 12 rings (SSSR count). The molecule has 0 aromatic heterocycles. The third-order valence-electron chi connectivity index (χ3n) is 22.6. The van der Waals surface area contributed by atoms with E-state index in [2.05, 4.69) is 176 Å². The van der Waals surface area contributed by atoms with Crippen LogP contribution in [0.3, 0.4) is 0 Å². The molecule has 60 heavy (non-hydrogen) atoms. The SMILES string of the molecule is CC1(C)C2[CH-]CC1(C)C1OC3C(C4CCC3(C)C4(C)C)[PH+](c3ccccc3)C21.CC1(C)C2[CH-]CC1(C)C1OC3C(C4CCC3(C)C4(C)C)[PH+](c3ccccc3)C21.[ClH+][Pd][ClH+].[Pd]. The van der Waals surface area contributed by atoms with Crippen LogP contribution in [-0.2, 0) is 45.8 Å². The molecule has 8 bridgehead atoms. The molecule has 10 fully saturated rings. The Hall–Kier alpha value is 1.12. The van der Waals surface area contributed by atoms with Gasteiger partial charge in [0.25, 0.3) is 0 Å². The molecule has 0 spiro atoms. The van der Waals surface area contributed by atoms with E-state index >= 15 is 0 Å². The topological polar surface area (TPSA) is 18.5 Å². The van der Waals surface area contributed by atoms with Crippen LogP contribution in [0.4, 0.5) is 0 Å². The second-order valence-corrected chi connectivity index (χ2v) is 32.9. The first-order chi connectivity index (χ1) is 27.7. The van der Waals surface area contributed by atoms with Crippen molar-refractivity contribution < 1.29 is 64.9 Å². The van der Waals surface area contributed by atoms with E-state index in [1.165, 1.54) is 38.5 Å². The number of halogens is 2. The Bertz CT molecular complexity index is 1710.